The van der Waals surface area contributed by atoms with Gasteiger partial charge in [-0.25, -0.2) is 0 Å². The summed E-state index contributed by atoms with van der Waals surface area (Å²) in [5.41, 5.74) is 7.06. The molecule has 2 aromatic rings. The molecule has 0 aliphatic carbocycles. The van der Waals surface area contributed by atoms with E-state index in [-0.39, 0.29) is 24.4 Å². The van der Waals surface area contributed by atoms with Gasteiger partial charge < -0.3 is 15.8 Å². The highest BCUT2D eigenvalue weighted by Crippen LogP contribution is 2.23. The summed E-state index contributed by atoms with van der Waals surface area (Å²) >= 11 is 3.42. The van der Waals surface area contributed by atoms with Gasteiger partial charge in [0.05, 0.1) is 11.1 Å². The highest BCUT2D eigenvalue weighted by atomic mass is 79.9. The van der Waals surface area contributed by atoms with E-state index in [1.54, 1.807) is 0 Å². The molecule has 0 aliphatic rings. The molecule has 130 valence electrons. The van der Waals surface area contributed by atoms with Gasteiger partial charge in [-0.05, 0) is 40.0 Å². The number of carbonyl (C=O) groups is 1. The van der Waals surface area contributed by atoms with E-state index in [1.807, 2.05) is 54.6 Å². The summed E-state index contributed by atoms with van der Waals surface area (Å²) in [6.45, 7) is 0.939. The van der Waals surface area contributed by atoms with Crippen molar-refractivity contribution in [2.75, 3.05) is 13.2 Å². The maximum absolute atomic E-state index is 11.8. The molecule has 4 nitrogen and oxygen atoms in total. The van der Waals surface area contributed by atoms with Gasteiger partial charge >= 0.3 is 0 Å². The maximum Gasteiger partial charge on any atom is 0.220 e. The zero-order valence-corrected chi connectivity index (χ0v) is 15.7. The molecule has 0 aromatic heterocycles. The number of amides is 1. The van der Waals surface area contributed by atoms with Crippen molar-refractivity contribution >= 4 is 34.2 Å². The fourth-order valence-corrected chi connectivity index (χ4v) is 2.51. The first kappa shape index (κ1) is 20.5. The highest BCUT2D eigenvalue weighted by Gasteiger charge is 2.08. The van der Waals surface area contributed by atoms with E-state index >= 15 is 0 Å². The van der Waals surface area contributed by atoms with Crippen LogP contribution in [0.2, 0.25) is 0 Å². The standard InChI is InChI=1S/C18H21BrN2O2.ClH/c19-15-9-4-5-10-17(15)23-12-6-11-18(22)21-13-16(20)14-7-2-1-3-8-14;/h1-5,7-10,16H,6,11-13,20H2,(H,21,22);1H. The fraction of sp³-hybridized carbons (Fsp3) is 0.278. The van der Waals surface area contributed by atoms with Crippen LogP contribution in [-0.4, -0.2) is 19.1 Å². The Morgan fingerprint density at radius 1 is 1.12 bits per heavy atom. The Labute approximate surface area is 157 Å². The number of nitrogens with one attached hydrogen (secondary N) is 1. The van der Waals surface area contributed by atoms with Crippen LogP contribution in [0.25, 0.3) is 0 Å². The fourth-order valence-electron chi connectivity index (χ4n) is 2.11. The first-order valence-corrected chi connectivity index (χ1v) is 8.40. The lowest BCUT2D eigenvalue weighted by atomic mass is 10.1. The molecule has 0 spiro atoms. The summed E-state index contributed by atoms with van der Waals surface area (Å²) in [6, 6.07) is 17.2. The molecule has 0 heterocycles. The SMILES string of the molecule is Cl.NC(CNC(=O)CCCOc1ccccc1Br)c1ccccc1. The minimum absolute atomic E-state index is 0. The van der Waals surface area contributed by atoms with Gasteiger partial charge in [-0.1, -0.05) is 42.5 Å². The minimum atomic E-state index is -0.184. The lowest BCUT2D eigenvalue weighted by molar-refractivity contribution is -0.121. The minimum Gasteiger partial charge on any atom is -0.492 e. The predicted octanol–water partition coefficient (Wildman–Crippen LogP) is 3.85. The second-order valence-corrected chi connectivity index (χ2v) is 6.06. The van der Waals surface area contributed by atoms with E-state index in [2.05, 4.69) is 21.2 Å². The molecule has 2 rings (SSSR count). The van der Waals surface area contributed by atoms with Crippen LogP contribution in [-0.2, 0) is 4.79 Å². The van der Waals surface area contributed by atoms with Crippen molar-refractivity contribution in [1.29, 1.82) is 0 Å². The van der Waals surface area contributed by atoms with Crippen LogP contribution in [0.3, 0.4) is 0 Å². The largest absolute Gasteiger partial charge is 0.492 e. The average Bonchev–Trinajstić information content (AvgIpc) is 2.59. The molecule has 1 amide bonds. The average molecular weight is 414 g/mol. The molecule has 2 aromatic carbocycles. The van der Waals surface area contributed by atoms with Crippen LogP contribution in [0, 0.1) is 0 Å². The van der Waals surface area contributed by atoms with Crippen LogP contribution in [0.1, 0.15) is 24.4 Å². The molecule has 0 aliphatic heterocycles. The zero-order chi connectivity index (χ0) is 16.5. The van der Waals surface area contributed by atoms with Crippen molar-refractivity contribution in [2.24, 2.45) is 5.73 Å². The number of hydrogen-bond donors (Lipinski definition) is 2. The van der Waals surface area contributed by atoms with Gasteiger partial charge in [0.1, 0.15) is 5.75 Å². The summed E-state index contributed by atoms with van der Waals surface area (Å²) in [5, 5.41) is 2.86. The summed E-state index contributed by atoms with van der Waals surface area (Å²) in [5.74, 6) is 0.783. The molecule has 0 bridgehead atoms. The van der Waals surface area contributed by atoms with Crippen LogP contribution < -0.4 is 15.8 Å². The zero-order valence-electron chi connectivity index (χ0n) is 13.3. The van der Waals surface area contributed by atoms with Gasteiger partial charge in [0.25, 0.3) is 0 Å². The molecule has 0 radical (unpaired) electrons. The number of carbonyl (C=O) groups excluding carboxylic acids is 1. The third-order valence-electron chi connectivity index (χ3n) is 3.39. The predicted molar refractivity (Wildman–Crippen MR) is 102 cm³/mol. The van der Waals surface area contributed by atoms with Gasteiger partial charge in [-0.2, -0.15) is 0 Å². The first-order valence-electron chi connectivity index (χ1n) is 7.61. The molecule has 0 saturated carbocycles. The van der Waals surface area contributed by atoms with E-state index < -0.39 is 0 Å². The Morgan fingerprint density at radius 3 is 2.50 bits per heavy atom. The Balaban J connectivity index is 0.00000288. The number of rotatable bonds is 8. The molecule has 24 heavy (non-hydrogen) atoms. The molecule has 0 saturated heterocycles. The van der Waals surface area contributed by atoms with Gasteiger partial charge in [0.2, 0.25) is 5.91 Å². The van der Waals surface area contributed by atoms with Crippen LogP contribution in [0.15, 0.2) is 59.1 Å². The van der Waals surface area contributed by atoms with E-state index in [4.69, 9.17) is 10.5 Å². The van der Waals surface area contributed by atoms with Crippen molar-refractivity contribution < 1.29 is 9.53 Å². The Bertz CT molecular complexity index is 625. The van der Waals surface area contributed by atoms with Crippen LogP contribution in [0.4, 0.5) is 0 Å². The Hall–Kier alpha value is -1.56. The third-order valence-corrected chi connectivity index (χ3v) is 4.04. The highest BCUT2D eigenvalue weighted by molar-refractivity contribution is 9.10. The first-order chi connectivity index (χ1) is 11.2. The normalized spacial score (nSPS) is 11.2. The van der Waals surface area contributed by atoms with Gasteiger partial charge in [-0.15, -0.1) is 12.4 Å². The number of para-hydroxylation sites is 1. The number of hydrogen-bond acceptors (Lipinski definition) is 3. The topological polar surface area (TPSA) is 64.3 Å². The van der Waals surface area contributed by atoms with Crippen LogP contribution >= 0.6 is 28.3 Å². The number of benzene rings is 2. The van der Waals surface area contributed by atoms with Gasteiger partial charge in [0.15, 0.2) is 0 Å². The Morgan fingerprint density at radius 2 is 1.79 bits per heavy atom. The molecular formula is C18H22BrClN2O2. The summed E-state index contributed by atoms with van der Waals surface area (Å²) < 4.78 is 6.55. The Kier molecular flexibility index (Phi) is 9.45. The lowest BCUT2D eigenvalue weighted by Crippen LogP contribution is -2.31. The molecule has 6 heteroatoms. The smallest absolute Gasteiger partial charge is 0.220 e. The molecule has 1 unspecified atom stereocenters. The second kappa shape index (κ2) is 11.1. The second-order valence-electron chi connectivity index (χ2n) is 5.20. The summed E-state index contributed by atoms with van der Waals surface area (Å²) in [4.78, 5) is 11.8. The van der Waals surface area contributed by atoms with Crippen molar-refractivity contribution in [2.45, 2.75) is 18.9 Å². The lowest BCUT2D eigenvalue weighted by Gasteiger charge is -2.13. The van der Waals surface area contributed by atoms with Crippen molar-refractivity contribution in [3.05, 3.63) is 64.6 Å². The number of halogens is 2. The van der Waals surface area contributed by atoms with Crippen molar-refractivity contribution in [3.8, 4) is 5.75 Å². The molecular weight excluding hydrogens is 392 g/mol. The van der Waals surface area contributed by atoms with E-state index in [9.17, 15) is 4.79 Å². The quantitative estimate of drug-likeness (QED) is 0.646. The molecule has 0 fully saturated rings. The van der Waals surface area contributed by atoms with E-state index in [1.165, 1.54) is 0 Å². The van der Waals surface area contributed by atoms with Crippen molar-refractivity contribution in [1.82, 2.24) is 5.32 Å². The number of ether oxygens (including phenoxy) is 1. The van der Waals surface area contributed by atoms with Crippen LogP contribution in [0.5, 0.6) is 5.75 Å². The molecule has 3 N–H and O–H groups in total. The van der Waals surface area contributed by atoms with E-state index in [0.717, 1.165) is 15.8 Å². The third kappa shape index (κ3) is 6.91. The monoisotopic (exact) mass is 412 g/mol. The van der Waals surface area contributed by atoms with Crippen molar-refractivity contribution in [3.63, 3.8) is 0 Å². The summed E-state index contributed by atoms with van der Waals surface area (Å²) in [7, 11) is 0. The maximum atomic E-state index is 11.8. The molecule has 1 atom stereocenters. The summed E-state index contributed by atoms with van der Waals surface area (Å²) in [6.07, 6.45) is 1.08. The number of nitrogens with two attached hydrogens (primary N) is 1. The van der Waals surface area contributed by atoms with Gasteiger partial charge in [-0.3, -0.25) is 4.79 Å². The van der Waals surface area contributed by atoms with Gasteiger partial charge in [0, 0.05) is 19.0 Å². The van der Waals surface area contributed by atoms with E-state index in [0.29, 0.717) is 26.0 Å².